The van der Waals surface area contributed by atoms with Crippen molar-refractivity contribution in [2.45, 2.75) is 18.2 Å². The van der Waals surface area contributed by atoms with Gasteiger partial charge >= 0.3 is 5.97 Å². The van der Waals surface area contributed by atoms with Crippen LogP contribution in [0.5, 0.6) is 0 Å². The SMILES string of the molecule is O=C(O)CC(Cl)Cc1ccccc1-c1ccccc1Cl. The molecule has 20 heavy (non-hydrogen) atoms. The third kappa shape index (κ3) is 3.75. The van der Waals surface area contributed by atoms with Crippen molar-refractivity contribution in [2.75, 3.05) is 0 Å². The van der Waals surface area contributed by atoms with Crippen LogP contribution in [0.3, 0.4) is 0 Å². The standard InChI is InChI=1S/C16H14Cl2O2/c17-12(10-16(19)20)9-11-5-1-2-6-13(11)14-7-3-4-8-15(14)18/h1-8,12H,9-10H2,(H,19,20). The van der Waals surface area contributed by atoms with Crippen molar-refractivity contribution < 1.29 is 9.90 Å². The first-order chi connectivity index (χ1) is 9.58. The number of halogens is 2. The molecule has 1 unspecified atom stereocenters. The molecular formula is C16H14Cl2O2. The zero-order chi connectivity index (χ0) is 14.5. The minimum Gasteiger partial charge on any atom is -0.481 e. The van der Waals surface area contributed by atoms with Crippen molar-refractivity contribution in [3.8, 4) is 11.1 Å². The van der Waals surface area contributed by atoms with Gasteiger partial charge in [0.2, 0.25) is 0 Å². The number of carboxylic acids is 1. The van der Waals surface area contributed by atoms with E-state index < -0.39 is 11.3 Å². The molecular weight excluding hydrogens is 295 g/mol. The van der Waals surface area contributed by atoms with Crippen LogP contribution in [0.2, 0.25) is 5.02 Å². The van der Waals surface area contributed by atoms with Crippen LogP contribution in [0, 0.1) is 0 Å². The van der Waals surface area contributed by atoms with Crippen molar-refractivity contribution in [1.29, 1.82) is 0 Å². The molecule has 2 nitrogen and oxygen atoms in total. The molecule has 0 aliphatic heterocycles. The molecule has 0 saturated carbocycles. The average Bonchev–Trinajstić information content (AvgIpc) is 2.39. The number of aliphatic carboxylic acids is 1. The van der Waals surface area contributed by atoms with E-state index in [1.54, 1.807) is 0 Å². The van der Waals surface area contributed by atoms with Crippen molar-refractivity contribution in [3.63, 3.8) is 0 Å². The zero-order valence-electron chi connectivity index (χ0n) is 10.7. The van der Waals surface area contributed by atoms with Gasteiger partial charge in [-0.1, -0.05) is 54.1 Å². The van der Waals surface area contributed by atoms with Crippen LogP contribution >= 0.6 is 23.2 Å². The molecule has 2 rings (SSSR count). The van der Waals surface area contributed by atoms with Gasteiger partial charge < -0.3 is 5.11 Å². The van der Waals surface area contributed by atoms with E-state index in [9.17, 15) is 4.79 Å². The van der Waals surface area contributed by atoms with Crippen LogP contribution in [0.1, 0.15) is 12.0 Å². The highest BCUT2D eigenvalue weighted by atomic mass is 35.5. The van der Waals surface area contributed by atoms with Crippen molar-refractivity contribution in [2.24, 2.45) is 0 Å². The molecule has 0 heterocycles. The first kappa shape index (κ1) is 14.9. The minimum absolute atomic E-state index is 0.0571. The highest BCUT2D eigenvalue weighted by molar-refractivity contribution is 6.33. The monoisotopic (exact) mass is 308 g/mol. The number of benzene rings is 2. The lowest BCUT2D eigenvalue weighted by Gasteiger charge is -2.13. The van der Waals surface area contributed by atoms with Crippen LogP contribution in [0.4, 0.5) is 0 Å². The number of alkyl halides is 1. The highest BCUT2D eigenvalue weighted by Crippen LogP contribution is 2.31. The summed E-state index contributed by atoms with van der Waals surface area (Å²) < 4.78 is 0. The Labute approximate surface area is 128 Å². The molecule has 104 valence electrons. The van der Waals surface area contributed by atoms with Gasteiger partial charge in [0.15, 0.2) is 0 Å². The lowest BCUT2D eigenvalue weighted by molar-refractivity contribution is -0.137. The Morgan fingerprint density at radius 3 is 2.30 bits per heavy atom. The summed E-state index contributed by atoms with van der Waals surface area (Å²) in [6.45, 7) is 0. The van der Waals surface area contributed by atoms with Crippen molar-refractivity contribution >= 4 is 29.2 Å². The quantitative estimate of drug-likeness (QED) is 0.818. The fraction of sp³-hybridized carbons (Fsp3) is 0.188. The number of carboxylic acid groups (broad SMARTS) is 1. The lowest BCUT2D eigenvalue weighted by atomic mass is 9.96. The van der Waals surface area contributed by atoms with Crippen LogP contribution < -0.4 is 0 Å². The molecule has 1 N–H and O–H groups in total. The van der Waals surface area contributed by atoms with Gasteiger partial charge in [0.1, 0.15) is 0 Å². The smallest absolute Gasteiger partial charge is 0.304 e. The van der Waals surface area contributed by atoms with E-state index in [2.05, 4.69) is 0 Å². The number of carbonyl (C=O) groups is 1. The number of hydrogen-bond acceptors (Lipinski definition) is 1. The van der Waals surface area contributed by atoms with Crippen LogP contribution in [-0.2, 0) is 11.2 Å². The van der Waals surface area contributed by atoms with Crippen LogP contribution in [0.15, 0.2) is 48.5 Å². The highest BCUT2D eigenvalue weighted by Gasteiger charge is 2.14. The van der Waals surface area contributed by atoms with Crippen molar-refractivity contribution in [1.82, 2.24) is 0 Å². The first-order valence-corrected chi connectivity index (χ1v) is 7.08. The summed E-state index contributed by atoms with van der Waals surface area (Å²) in [7, 11) is 0. The third-order valence-electron chi connectivity index (χ3n) is 3.02. The summed E-state index contributed by atoms with van der Waals surface area (Å²) in [6, 6.07) is 15.4. The molecule has 0 bridgehead atoms. The third-order valence-corrected chi connectivity index (χ3v) is 3.66. The summed E-state index contributed by atoms with van der Waals surface area (Å²) >= 11 is 12.3. The molecule has 2 aromatic carbocycles. The fourth-order valence-corrected chi connectivity index (χ4v) is 2.68. The molecule has 0 aliphatic carbocycles. The van der Waals surface area contributed by atoms with E-state index in [-0.39, 0.29) is 6.42 Å². The van der Waals surface area contributed by atoms with Gasteiger partial charge in [-0.25, -0.2) is 0 Å². The van der Waals surface area contributed by atoms with Crippen LogP contribution in [-0.4, -0.2) is 16.5 Å². The van der Waals surface area contributed by atoms with Gasteiger partial charge in [0, 0.05) is 16.0 Å². The fourth-order valence-electron chi connectivity index (χ4n) is 2.14. The van der Waals surface area contributed by atoms with Gasteiger partial charge in [-0.15, -0.1) is 11.6 Å². The Balaban J connectivity index is 2.32. The molecule has 2 aromatic rings. The maximum atomic E-state index is 10.7. The Hall–Kier alpha value is -1.51. The maximum Gasteiger partial charge on any atom is 0.304 e. The van der Waals surface area contributed by atoms with Crippen LogP contribution in [0.25, 0.3) is 11.1 Å². The molecule has 0 spiro atoms. The van der Waals surface area contributed by atoms with Gasteiger partial charge in [-0.3, -0.25) is 4.79 Å². The van der Waals surface area contributed by atoms with E-state index >= 15 is 0 Å². The molecule has 0 fully saturated rings. The summed E-state index contributed by atoms with van der Waals surface area (Å²) in [6.07, 6.45) is 0.438. The normalized spacial score (nSPS) is 12.1. The Morgan fingerprint density at radius 1 is 1.05 bits per heavy atom. The second-order valence-electron chi connectivity index (χ2n) is 4.54. The van der Waals surface area contributed by atoms with Gasteiger partial charge in [0.25, 0.3) is 0 Å². The van der Waals surface area contributed by atoms with E-state index in [4.69, 9.17) is 28.3 Å². The number of hydrogen-bond donors (Lipinski definition) is 1. The molecule has 0 aliphatic rings. The van der Waals surface area contributed by atoms with E-state index in [1.165, 1.54) is 0 Å². The predicted molar refractivity (Wildman–Crippen MR) is 82.5 cm³/mol. The molecule has 0 aromatic heterocycles. The molecule has 1 atom stereocenters. The second kappa shape index (κ2) is 6.78. The Bertz CT molecular complexity index is 611. The first-order valence-electron chi connectivity index (χ1n) is 6.26. The van der Waals surface area contributed by atoms with Crippen molar-refractivity contribution in [3.05, 3.63) is 59.1 Å². The average molecular weight is 309 g/mol. The summed E-state index contributed by atoms with van der Waals surface area (Å²) in [5.74, 6) is -0.889. The molecule has 0 radical (unpaired) electrons. The van der Waals surface area contributed by atoms with E-state index in [0.29, 0.717) is 11.4 Å². The predicted octanol–water partition coefficient (Wildman–Crippen LogP) is 4.63. The maximum absolute atomic E-state index is 10.7. The zero-order valence-corrected chi connectivity index (χ0v) is 12.2. The summed E-state index contributed by atoms with van der Waals surface area (Å²) in [5.41, 5.74) is 2.93. The minimum atomic E-state index is -0.889. The number of rotatable bonds is 5. The Kier molecular flexibility index (Phi) is 5.05. The molecule has 0 amide bonds. The molecule has 4 heteroatoms. The second-order valence-corrected chi connectivity index (χ2v) is 5.56. The topological polar surface area (TPSA) is 37.3 Å². The van der Waals surface area contributed by atoms with Gasteiger partial charge in [-0.05, 0) is 23.6 Å². The van der Waals surface area contributed by atoms with E-state index in [0.717, 1.165) is 16.7 Å². The van der Waals surface area contributed by atoms with Gasteiger partial charge in [0.05, 0.1) is 6.42 Å². The van der Waals surface area contributed by atoms with Gasteiger partial charge in [-0.2, -0.15) is 0 Å². The summed E-state index contributed by atoms with van der Waals surface area (Å²) in [4.78, 5) is 10.7. The lowest BCUT2D eigenvalue weighted by Crippen LogP contribution is -2.10. The summed E-state index contributed by atoms with van der Waals surface area (Å²) in [5, 5.41) is 9.02. The largest absolute Gasteiger partial charge is 0.481 e. The van der Waals surface area contributed by atoms with E-state index in [1.807, 2.05) is 48.5 Å². The molecule has 0 saturated heterocycles. The Morgan fingerprint density at radius 2 is 1.65 bits per heavy atom.